The van der Waals surface area contributed by atoms with E-state index in [1.54, 1.807) is 11.8 Å². The number of benzene rings is 2. The molecule has 2 aromatic carbocycles. The van der Waals surface area contributed by atoms with Crippen molar-refractivity contribution < 1.29 is 19.4 Å². The number of carbonyl (C=O) groups excluding carboxylic acids is 2. The highest BCUT2D eigenvalue weighted by Gasteiger charge is 2.50. The molecule has 2 aromatic rings. The van der Waals surface area contributed by atoms with E-state index in [9.17, 15) is 14.7 Å². The highest BCUT2D eigenvalue weighted by Crippen LogP contribution is 2.36. The van der Waals surface area contributed by atoms with Crippen molar-refractivity contribution in [3.05, 3.63) is 66.2 Å². The first-order valence-electron chi connectivity index (χ1n) is 11.0. The Bertz CT molecular complexity index is 848. The van der Waals surface area contributed by atoms with Gasteiger partial charge in [0.1, 0.15) is 5.54 Å². The van der Waals surface area contributed by atoms with E-state index >= 15 is 0 Å². The van der Waals surface area contributed by atoms with Crippen molar-refractivity contribution in [2.45, 2.75) is 44.8 Å². The number of para-hydroxylation sites is 1. The number of β-amino-alcohol motifs (C(OH)–C–C–N with tert-alkyl or cyclic N) is 1. The van der Waals surface area contributed by atoms with Crippen molar-refractivity contribution in [1.82, 2.24) is 4.90 Å². The lowest BCUT2D eigenvalue weighted by Crippen LogP contribution is -2.63. The number of anilines is 1. The number of piperidine rings is 1. The van der Waals surface area contributed by atoms with Gasteiger partial charge in [-0.3, -0.25) is 9.69 Å². The predicted octanol–water partition coefficient (Wildman–Crippen LogP) is 3.56. The summed E-state index contributed by atoms with van der Waals surface area (Å²) in [6.07, 6.45) is 0.604. The Morgan fingerprint density at radius 2 is 1.61 bits per heavy atom. The summed E-state index contributed by atoms with van der Waals surface area (Å²) in [5, 5.41) is 10.6. The van der Waals surface area contributed by atoms with Gasteiger partial charge >= 0.3 is 5.97 Å². The van der Waals surface area contributed by atoms with Gasteiger partial charge in [-0.2, -0.15) is 0 Å². The van der Waals surface area contributed by atoms with Crippen molar-refractivity contribution in [2.75, 3.05) is 31.1 Å². The third-order valence-electron chi connectivity index (χ3n) is 5.95. The first-order valence-corrected chi connectivity index (χ1v) is 11.0. The smallest absolute Gasteiger partial charge is 0.332 e. The summed E-state index contributed by atoms with van der Waals surface area (Å²) in [5.74, 6) is -0.457. The number of carbonyl (C=O) groups is 2. The normalized spacial score (nSPS) is 17.0. The van der Waals surface area contributed by atoms with E-state index in [1.165, 1.54) is 0 Å². The monoisotopic (exact) mass is 424 g/mol. The lowest BCUT2D eigenvalue weighted by Gasteiger charge is -2.47. The van der Waals surface area contributed by atoms with Crippen molar-refractivity contribution in [2.24, 2.45) is 0 Å². The quantitative estimate of drug-likeness (QED) is 0.656. The summed E-state index contributed by atoms with van der Waals surface area (Å²) in [6.45, 7) is 5.51. The van der Waals surface area contributed by atoms with E-state index in [2.05, 4.69) is 4.90 Å². The van der Waals surface area contributed by atoms with Crippen LogP contribution in [0, 0.1) is 0 Å². The molecule has 1 aliphatic rings. The van der Waals surface area contributed by atoms with Crippen molar-refractivity contribution in [1.29, 1.82) is 0 Å². The fourth-order valence-corrected chi connectivity index (χ4v) is 4.28. The molecule has 0 bridgehead atoms. The maximum atomic E-state index is 13.2. The van der Waals surface area contributed by atoms with Crippen molar-refractivity contribution >= 4 is 17.6 Å². The van der Waals surface area contributed by atoms with Gasteiger partial charge in [-0.25, -0.2) is 4.79 Å². The molecule has 0 radical (unpaired) electrons. The van der Waals surface area contributed by atoms with E-state index in [0.29, 0.717) is 44.6 Å². The second kappa shape index (κ2) is 10.6. The molecule has 0 saturated carbocycles. The Morgan fingerprint density at radius 1 is 1.03 bits per heavy atom. The lowest BCUT2D eigenvalue weighted by molar-refractivity contribution is -0.153. The van der Waals surface area contributed by atoms with Crippen LogP contribution >= 0.6 is 0 Å². The average molecular weight is 425 g/mol. The van der Waals surface area contributed by atoms with Gasteiger partial charge in [0.25, 0.3) is 0 Å². The molecule has 1 heterocycles. The summed E-state index contributed by atoms with van der Waals surface area (Å²) in [4.78, 5) is 30.1. The minimum absolute atomic E-state index is 0.1000. The van der Waals surface area contributed by atoms with E-state index in [1.807, 2.05) is 67.6 Å². The molecule has 1 amide bonds. The maximum Gasteiger partial charge on any atom is 0.332 e. The summed E-state index contributed by atoms with van der Waals surface area (Å²) >= 11 is 0. The molecule has 1 atom stereocenters. The summed E-state index contributed by atoms with van der Waals surface area (Å²) in [6, 6.07) is 18.9. The molecule has 1 N–H and O–H groups in total. The number of rotatable bonds is 8. The van der Waals surface area contributed by atoms with Gasteiger partial charge in [-0.15, -0.1) is 0 Å². The first-order chi connectivity index (χ1) is 15.0. The van der Waals surface area contributed by atoms with Crippen LogP contribution in [-0.2, 0) is 14.3 Å². The topological polar surface area (TPSA) is 70.1 Å². The van der Waals surface area contributed by atoms with Crippen LogP contribution in [0.5, 0.6) is 0 Å². The minimum atomic E-state index is -1.04. The number of hydrogen-bond acceptors (Lipinski definition) is 5. The van der Waals surface area contributed by atoms with Crippen molar-refractivity contribution in [3.63, 3.8) is 0 Å². The predicted molar refractivity (Wildman–Crippen MR) is 121 cm³/mol. The van der Waals surface area contributed by atoms with E-state index in [-0.39, 0.29) is 18.5 Å². The van der Waals surface area contributed by atoms with E-state index in [0.717, 1.165) is 5.56 Å². The third-order valence-corrected chi connectivity index (χ3v) is 5.95. The van der Waals surface area contributed by atoms with Gasteiger partial charge < -0.3 is 14.7 Å². The Balaban J connectivity index is 1.83. The summed E-state index contributed by atoms with van der Waals surface area (Å²) < 4.78 is 5.47. The molecule has 6 nitrogen and oxygen atoms in total. The molecule has 1 saturated heterocycles. The lowest BCUT2D eigenvalue weighted by atomic mass is 9.84. The highest BCUT2D eigenvalue weighted by molar-refractivity contribution is 6.02. The number of nitrogens with zero attached hydrogens (tertiary/aromatic N) is 2. The van der Waals surface area contributed by atoms with Crippen molar-refractivity contribution in [3.8, 4) is 0 Å². The van der Waals surface area contributed by atoms with Crippen LogP contribution in [0.1, 0.15) is 44.8 Å². The number of hydrogen-bond donors (Lipinski definition) is 1. The SMILES string of the molecule is CCOC(=O)C1(N(C(=O)CC)c2ccccc2)CCN(CC(O)c2ccccc2)CC1. The molecular weight excluding hydrogens is 392 g/mol. The molecule has 0 aliphatic carbocycles. The Morgan fingerprint density at radius 3 is 2.16 bits per heavy atom. The van der Waals surface area contributed by atoms with Gasteiger partial charge in [0.05, 0.1) is 12.7 Å². The van der Waals surface area contributed by atoms with Crippen LogP contribution in [0.3, 0.4) is 0 Å². The first kappa shape index (κ1) is 23.0. The van der Waals surface area contributed by atoms with Gasteiger partial charge in [0, 0.05) is 31.7 Å². The van der Waals surface area contributed by atoms with Gasteiger partial charge in [-0.1, -0.05) is 55.5 Å². The number of aliphatic hydroxyl groups excluding tert-OH is 1. The van der Waals surface area contributed by atoms with Gasteiger partial charge in [-0.05, 0) is 37.5 Å². The zero-order valence-corrected chi connectivity index (χ0v) is 18.4. The van der Waals surface area contributed by atoms with E-state index in [4.69, 9.17) is 4.74 Å². The number of esters is 1. The molecule has 3 rings (SSSR count). The second-order valence-corrected chi connectivity index (χ2v) is 7.90. The zero-order valence-electron chi connectivity index (χ0n) is 18.4. The average Bonchev–Trinajstić information content (AvgIpc) is 2.81. The Hall–Kier alpha value is -2.70. The molecule has 1 unspecified atom stereocenters. The van der Waals surface area contributed by atoms with Gasteiger partial charge in [0.15, 0.2) is 0 Å². The van der Waals surface area contributed by atoms with E-state index < -0.39 is 11.6 Å². The number of ether oxygens (including phenoxy) is 1. The number of aliphatic hydroxyl groups is 1. The molecule has 0 aromatic heterocycles. The largest absolute Gasteiger partial charge is 0.464 e. The molecule has 6 heteroatoms. The molecule has 0 spiro atoms. The molecule has 1 aliphatic heterocycles. The molecule has 1 fully saturated rings. The third kappa shape index (κ3) is 5.14. The number of amides is 1. The van der Waals surface area contributed by atoms with Gasteiger partial charge in [0.2, 0.25) is 5.91 Å². The van der Waals surface area contributed by atoms with Crippen LogP contribution < -0.4 is 4.90 Å². The number of likely N-dealkylation sites (tertiary alicyclic amines) is 1. The van der Waals surface area contributed by atoms with Crippen LogP contribution in [0.15, 0.2) is 60.7 Å². The minimum Gasteiger partial charge on any atom is -0.464 e. The van der Waals surface area contributed by atoms with Crippen LogP contribution in [0.25, 0.3) is 0 Å². The Kier molecular flexibility index (Phi) is 7.82. The van der Waals surface area contributed by atoms with Crippen LogP contribution in [-0.4, -0.2) is 53.7 Å². The van der Waals surface area contributed by atoms with Crippen LogP contribution in [0.2, 0.25) is 0 Å². The standard InChI is InChI=1S/C25H32N2O4/c1-3-23(29)27(21-13-9-6-10-14-21)25(24(30)31-4-2)15-17-26(18-16-25)19-22(28)20-11-7-5-8-12-20/h5-14,22,28H,3-4,15-19H2,1-2H3. The zero-order chi connectivity index (χ0) is 22.3. The summed E-state index contributed by atoms with van der Waals surface area (Å²) in [5.41, 5.74) is 0.538. The molecular formula is C25H32N2O4. The molecule has 166 valence electrons. The maximum absolute atomic E-state index is 13.2. The Labute approximate surface area is 184 Å². The fourth-order valence-electron chi connectivity index (χ4n) is 4.28. The summed E-state index contributed by atoms with van der Waals surface area (Å²) in [7, 11) is 0. The highest BCUT2D eigenvalue weighted by atomic mass is 16.5. The second-order valence-electron chi connectivity index (χ2n) is 7.90. The fraction of sp³-hybridized carbons (Fsp3) is 0.440. The molecule has 31 heavy (non-hydrogen) atoms. The van der Waals surface area contributed by atoms with Crippen LogP contribution in [0.4, 0.5) is 5.69 Å².